The van der Waals surface area contributed by atoms with Crippen molar-refractivity contribution in [3.8, 4) is 0 Å². The summed E-state index contributed by atoms with van der Waals surface area (Å²) in [5.41, 5.74) is 7.10. The molecule has 0 spiro atoms. The second-order valence-corrected chi connectivity index (χ2v) is 5.14. The topological polar surface area (TPSA) is 42.2 Å². The molecule has 1 aromatic heterocycles. The van der Waals surface area contributed by atoms with E-state index < -0.39 is 0 Å². The largest absolute Gasteiger partial charge is 0.328 e. The Kier molecular flexibility index (Phi) is 5.69. The minimum atomic E-state index is 0. The van der Waals surface area contributed by atoms with Crippen LogP contribution in [0.15, 0.2) is 5.38 Å². The summed E-state index contributed by atoms with van der Waals surface area (Å²) < 4.78 is 0. The molecule has 0 saturated carbocycles. The molecule has 5 heteroatoms. The van der Waals surface area contributed by atoms with Gasteiger partial charge in [0.25, 0.3) is 0 Å². The van der Waals surface area contributed by atoms with Crippen LogP contribution in [0.5, 0.6) is 0 Å². The first kappa shape index (κ1) is 13.9. The maximum atomic E-state index is 5.88. The quantitative estimate of drug-likeness (QED) is 0.906. The minimum Gasteiger partial charge on any atom is -0.328 e. The molecule has 0 bridgehead atoms. The number of thiazole rings is 1. The van der Waals surface area contributed by atoms with Crippen molar-refractivity contribution in [1.29, 1.82) is 0 Å². The van der Waals surface area contributed by atoms with Crippen molar-refractivity contribution in [3.63, 3.8) is 0 Å². The molecule has 1 saturated heterocycles. The van der Waals surface area contributed by atoms with Gasteiger partial charge in [-0.2, -0.15) is 0 Å². The zero-order valence-corrected chi connectivity index (χ0v) is 11.3. The van der Waals surface area contributed by atoms with Crippen molar-refractivity contribution < 1.29 is 0 Å². The monoisotopic (exact) mass is 261 g/mol. The summed E-state index contributed by atoms with van der Waals surface area (Å²) in [5, 5.41) is 3.44. The molecule has 0 aliphatic carbocycles. The van der Waals surface area contributed by atoms with Gasteiger partial charge < -0.3 is 5.73 Å². The van der Waals surface area contributed by atoms with Crippen molar-refractivity contribution >= 4 is 23.7 Å². The molecule has 92 valence electrons. The van der Waals surface area contributed by atoms with Gasteiger partial charge in [-0.1, -0.05) is 6.92 Å². The van der Waals surface area contributed by atoms with Crippen molar-refractivity contribution in [2.75, 3.05) is 13.1 Å². The maximum Gasteiger partial charge on any atom is 0.0926 e. The number of nitrogens with two attached hydrogens (primary N) is 1. The molecule has 3 nitrogen and oxygen atoms in total. The van der Waals surface area contributed by atoms with E-state index in [2.05, 4.69) is 22.2 Å². The summed E-state index contributed by atoms with van der Waals surface area (Å²) >= 11 is 1.78. The van der Waals surface area contributed by atoms with Gasteiger partial charge in [-0.15, -0.1) is 23.7 Å². The van der Waals surface area contributed by atoms with Crippen LogP contribution in [0, 0.1) is 0 Å². The van der Waals surface area contributed by atoms with Gasteiger partial charge >= 0.3 is 0 Å². The Bertz CT molecular complexity index is 308. The average molecular weight is 262 g/mol. The SMILES string of the molecule is CCc1nc(CN2CCC(N)CC2)cs1.Cl. The average Bonchev–Trinajstić information content (AvgIpc) is 2.69. The van der Waals surface area contributed by atoms with Crippen LogP contribution in [0.3, 0.4) is 0 Å². The first-order valence-electron chi connectivity index (χ1n) is 5.69. The number of halogens is 1. The first-order valence-corrected chi connectivity index (χ1v) is 6.57. The van der Waals surface area contributed by atoms with Crippen molar-refractivity contribution in [3.05, 3.63) is 16.1 Å². The lowest BCUT2D eigenvalue weighted by Gasteiger charge is -2.29. The fraction of sp³-hybridized carbons (Fsp3) is 0.727. The lowest BCUT2D eigenvalue weighted by molar-refractivity contribution is 0.204. The number of nitrogens with zero attached hydrogens (tertiary/aromatic N) is 2. The molecule has 0 unspecified atom stereocenters. The fourth-order valence-corrected chi connectivity index (χ4v) is 2.66. The van der Waals surface area contributed by atoms with Crippen LogP contribution in [-0.4, -0.2) is 29.0 Å². The number of piperidine rings is 1. The molecule has 2 rings (SSSR count). The smallest absolute Gasteiger partial charge is 0.0926 e. The van der Waals surface area contributed by atoms with Gasteiger partial charge in [0, 0.05) is 31.1 Å². The van der Waals surface area contributed by atoms with Crippen LogP contribution in [0.2, 0.25) is 0 Å². The summed E-state index contributed by atoms with van der Waals surface area (Å²) in [6, 6.07) is 0.419. The van der Waals surface area contributed by atoms with E-state index in [1.54, 1.807) is 11.3 Å². The Morgan fingerprint density at radius 1 is 1.50 bits per heavy atom. The predicted molar refractivity (Wildman–Crippen MR) is 71.2 cm³/mol. The van der Waals surface area contributed by atoms with E-state index in [-0.39, 0.29) is 12.4 Å². The molecule has 1 aromatic rings. The van der Waals surface area contributed by atoms with Gasteiger partial charge in [0.1, 0.15) is 0 Å². The minimum absolute atomic E-state index is 0. The number of likely N-dealkylation sites (tertiary alicyclic amines) is 1. The van der Waals surface area contributed by atoms with Crippen LogP contribution >= 0.6 is 23.7 Å². The highest BCUT2D eigenvalue weighted by atomic mass is 35.5. The van der Waals surface area contributed by atoms with Gasteiger partial charge in [0.2, 0.25) is 0 Å². The second-order valence-electron chi connectivity index (χ2n) is 4.20. The third kappa shape index (κ3) is 3.70. The van der Waals surface area contributed by atoms with E-state index in [0.29, 0.717) is 6.04 Å². The normalized spacial score (nSPS) is 18.4. The fourth-order valence-electron chi connectivity index (χ4n) is 1.92. The highest BCUT2D eigenvalue weighted by Gasteiger charge is 2.16. The van der Waals surface area contributed by atoms with Crippen LogP contribution < -0.4 is 5.73 Å². The standard InChI is InChI=1S/C11H19N3S.ClH/c1-2-11-13-10(8-15-11)7-14-5-3-9(12)4-6-14;/h8-9H,2-7,12H2,1H3;1H. The summed E-state index contributed by atoms with van der Waals surface area (Å²) in [7, 11) is 0. The maximum absolute atomic E-state index is 5.88. The van der Waals surface area contributed by atoms with Gasteiger partial charge in [-0.3, -0.25) is 4.90 Å². The van der Waals surface area contributed by atoms with Gasteiger partial charge in [0.05, 0.1) is 10.7 Å². The van der Waals surface area contributed by atoms with E-state index >= 15 is 0 Å². The van der Waals surface area contributed by atoms with E-state index in [1.165, 1.54) is 10.7 Å². The third-order valence-electron chi connectivity index (χ3n) is 2.92. The van der Waals surface area contributed by atoms with E-state index in [1.807, 2.05) is 0 Å². The summed E-state index contributed by atoms with van der Waals surface area (Å²) in [6.45, 7) is 5.41. The molecule has 0 amide bonds. The summed E-state index contributed by atoms with van der Waals surface area (Å²) in [5.74, 6) is 0. The number of hydrogen-bond acceptors (Lipinski definition) is 4. The summed E-state index contributed by atoms with van der Waals surface area (Å²) in [6.07, 6.45) is 3.31. The van der Waals surface area contributed by atoms with Crippen molar-refractivity contribution in [1.82, 2.24) is 9.88 Å². The molecular weight excluding hydrogens is 242 g/mol. The number of rotatable bonds is 3. The van der Waals surface area contributed by atoms with Crippen LogP contribution in [-0.2, 0) is 13.0 Å². The lowest BCUT2D eigenvalue weighted by atomic mass is 10.1. The number of hydrogen-bond donors (Lipinski definition) is 1. The Labute approximate surface area is 107 Å². The molecule has 2 heterocycles. The van der Waals surface area contributed by atoms with Crippen LogP contribution in [0.4, 0.5) is 0 Å². The van der Waals surface area contributed by atoms with Crippen molar-refractivity contribution in [2.24, 2.45) is 5.73 Å². The molecule has 0 aromatic carbocycles. The molecular formula is C11H20ClN3S. The first-order chi connectivity index (χ1) is 7.28. The molecule has 2 N–H and O–H groups in total. The van der Waals surface area contributed by atoms with Gasteiger partial charge in [-0.05, 0) is 19.3 Å². The molecule has 1 aliphatic heterocycles. The highest BCUT2D eigenvalue weighted by molar-refractivity contribution is 7.09. The summed E-state index contributed by atoms with van der Waals surface area (Å²) in [4.78, 5) is 7.04. The number of aryl methyl sites for hydroxylation is 1. The van der Waals surface area contributed by atoms with E-state index in [0.717, 1.165) is 38.9 Å². The lowest BCUT2D eigenvalue weighted by Crippen LogP contribution is -2.39. The predicted octanol–water partition coefficient (Wildman–Crippen LogP) is 2.05. The molecule has 1 fully saturated rings. The van der Waals surface area contributed by atoms with E-state index in [9.17, 15) is 0 Å². The zero-order chi connectivity index (χ0) is 10.7. The number of aromatic nitrogens is 1. The molecule has 1 aliphatic rings. The third-order valence-corrected chi connectivity index (χ3v) is 3.96. The highest BCUT2D eigenvalue weighted by Crippen LogP contribution is 2.15. The molecule has 16 heavy (non-hydrogen) atoms. The van der Waals surface area contributed by atoms with Gasteiger partial charge in [0.15, 0.2) is 0 Å². The van der Waals surface area contributed by atoms with Crippen LogP contribution in [0.25, 0.3) is 0 Å². The Hall–Kier alpha value is -0.160. The van der Waals surface area contributed by atoms with Gasteiger partial charge in [-0.25, -0.2) is 4.98 Å². The second kappa shape index (κ2) is 6.55. The van der Waals surface area contributed by atoms with Crippen molar-refractivity contribution in [2.45, 2.75) is 38.8 Å². The Morgan fingerprint density at radius 3 is 2.75 bits per heavy atom. The Morgan fingerprint density at radius 2 is 2.19 bits per heavy atom. The zero-order valence-electron chi connectivity index (χ0n) is 9.69. The molecule has 0 radical (unpaired) electrons. The molecule has 0 atom stereocenters. The van der Waals surface area contributed by atoms with Crippen LogP contribution in [0.1, 0.15) is 30.5 Å². The van der Waals surface area contributed by atoms with E-state index in [4.69, 9.17) is 5.73 Å². The Balaban J connectivity index is 0.00000128.